The number of aliphatic hydroxyl groups is 1. The van der Waals surface area contributed by atoms with Crippen molar-refractivity contribution >= 4 is 29.4 Å². The molecule has 0 unspecified atom stereocenters. The van der Waals surface area contributed by atoms with Crippen molar-refractivity contribution in [2.45, 2.75) is 30.9 Å². The highest BCUT2D eigenvalue weighted by atomic mass is 35.5. The largest absolute Gasteiger partial charge is 0.479 e. The first kappa shape index (κ1) is 23.6. The van der Waals surface area contributed by atoms with Crippen LogP contribution in [0.4, 0.5) is 8.78 Å². The Bertz CT molecular complexity index is 1010. The van der Waals surface area contributed by atoms with Crippen LogP contribution in [0.2, 0.25) is 5.02 Å². The molecule has 0 aliphatic carbocycles. The van der Waals surface area contributed by atoms with E-state index in [1.807, 2.05) is 24.3 Å². The number of carboxylic acid groups (broad SMARTS) is 1. The third-order valence-corrected chi connectivity index (χ3v) is 5.28. The summed E-state index contributed by atoms with van der Waals surface area (Å²) in [4.78, 5) is 36.0. The van der Waals surface area contributed by atoms with Gasteiger partial charge in [0.1, 0.15) is 0 Å². The lowest BCUT2D eigenvalue weighted by Gasteiger charge is -2.38. The first-order valence-electron chi connectivity index (χ1n) is 9.77. The van der Waals surface area contributed by atoms with Gasteiger partial charge in [-0.1, -0.05) is 48.0 Å². The molecule has 1 saturated heterocycles. The maximum Gasteiger partial charge on any atom is 0.332 e. The number of aliphatic carboxylic acids is 1. The van der Waals surface area contributed by atoms with Crippen molar-refractivity contribution in [3.05, 3.63) is 59.1 Å². The highest BCUT2D eigenvalue weighted by Gasteiger charge is 2.47. The summed E-state index contributed by atoms with van der Waals surface area (Å²) in [7, 11) is 0. The molecule has 0 radical (unpaired) electrons. The molecule has 0 saturated carbocycles. The maximum atomic E-state index is 13.0. The van der Waals surface area contributed by atoms with E-state index in [2.05, 4.69) is 5.32 Å². The number of amides is 2. The zero-order valence-electron chi connectivity index (χ0n) is 16.8. The topological polar surface area (TPSA) is 107 Å². The molecule has 7 nitrogen and oxygen atoms in total. The van der Waals surface area contributed by atoms with Gasteiger partial charge in [0.15, 0.2) is 6.10 Å². The number of carbonyl (C=O) groups is 3. The second-order valence-electron chi connectivity index (χ2n) is 7.69. The molecule has 1 heterocycles. The summed E-state index contributed by atoms with van der Waals surface area (Å²) in [5, 5.41) is 21.7. The minimum absolute atomic E-state index is 0.120. The molecular formula is C22H21ClF2N2O5. The van der Waals surface area contributed by atoms with Crippen LogP contribution in [0.1, 0.15) is 12.0 Å². The van der Waals surface area contributed by atoms with Crippen LogP contribution < -0.4 is 5.32 Å². The van der Waals surface area contributed by atoms with Crippen molar-refractivity contribution in [1.82, 2.24) is 10.2 Å². The van der Waals surface area contributed by atoms with Gasteiger partial charge in [-0.05, 0) is 35.2 Å². The van der Waals surface area contributed by atoms with Crippen LogP contribution in [0.5, 0.6) is 0 Å². The Hall–Kier alpha value is -3.04. The lowest BCUT2D eigenvalue weighted by atomic mass is 9.97. The van der Waals surface area contributed by atoms with Crippen molar-refractivity contribution in [3.63, 3.8) is 0 Å². The molecule has 3 N–H and O–H groups in total. The highest BCUT2D eigenvalue weighted by Crippen LogP contribution is 2.27. The Morgan fingerprint density at radius 3 is 2.31 bits per heavy atom. The van der Waals surface area contributed by atoms with Crippen LogP contribution in [0.25, 0.3) is 11.1 Å². The molecule has 2 aromatic rings. The Morgan fingerprint density at radius 1 is 1.09 bits per heavy atom. The Balaban J connectivity index is 1.69. The van der Waals surface area contributed by atoms with E-state index < -0.39 is 48.9 Å². The lowest BCUT2D eigenvalue weighted by Crippen LogP contribution is -2.62. The van der Waals surface area contributed by atoms with Crippen LogP contribution in [0.3, 0.4) is 0 Å². The molecule has 3 rings (SSSR count). The molecule has 10 heteroatoms. The van der Waals surface area contributed by atoms with E-state index in [1.165, 1.54) is 0 Å². The van der Waals surface area contributed by atoms with Crippen LogP contribution in [0, 0.1) is 0 Å². The molecule has 32 heavy (non-hydrogen) atoms. The van der Waals surface area contributed by atoms with Crippen molar-refractivity contribution in [1.29, 1.82) is 0 Å². The fraction of sp³-hybridized carbons (Fsp3) is 0.318. The SMILES string of the molecule is O=C(N[C@H](Cc1ccc(-c2cccc(Cl)c2)cc1)C[C@@H](O)C(=O)O)C(=O)N1CC(F)(F)C1. The number of likely N-dealkylation sites (tertiary alicyclic amines) is 1. The third kappa shape index (κ3) is 6.02. The number of nitrogens with one attached hydrogen (secondary N) is 1. The van der Waals surface area contributed by atoms with Crippen molar-refractivity contribution in [2.24, 2.45) is 0 Å². The van der Waals surface area contributed by atoms with Crippen molar-refractivity contribution < 1.29 is 33.4 Å². The van der Waals surface area contributed by atoms with E-state index in [0.29, 0.717) is 15.5 Å². The molecule has 2 aromatic carbocycles. The van der Waals surface area contributed by atoms with Gasteiger partial charge in [-0.2, -0.15) is 0 Å². The molecule has 2 amide bonds. The smallest absolute Gasteiger partial charge is 0.332 e. The first-order chi connectivity index (χ1) is 15.0. The van der Waals surface area contributed by atoms with E-state index in [0.717, 1.165) is 11.1 Å². The Morgan fingerprint density at radius 2 is 1.75 bits per heavy atom. The van der Waals surface area contributed by atoms with Gasteiger partial charge in [-0.15, -0.1) is 0 Å². The molecule has 1 aliphatic heterocycles. The second-order valence-corrected chi connectivity index (χ2v) is 8.13. The normalized spacial score (nSPS) is 16.6. The summed E-state index contributed by atoms with van der Waals surface area (Å²) in [6.45, 7) is -1.68. The second kappa shape index (κ2) is 9.62. The van der Waals surface area contributed by atoms with Crippen molar-refractivity contribution in [2.75, 3.05) is 13.1 Å². The first-order valence-corrected chi connectivity index (χ1v) is 10.2. The van der Waals surface area contributed by atoms with Crippen LogP contribution in [-0.2, 0) is 20.8 Å². The fourth-order valence-electron chi connectivity index (χ4n) is 3.40. The number of hydrogen-bond acceptors (Lipinski definition) is 4. The van der Waals surface area contributed by atoms with E-state index >= 15 is 0 Å². The molecule has 0 aromatic heterocycles. The summed E-state index contributed by atoms with van der Waals surface area (Å²) in [5.74, 6) is -6.74. The standard InChI is InChI=1S/C22H21ClF2N2O5/c23-16-3-1-2-15(9-16)14-6-4-13(5-7-14)8-17(10-18(28)21(31)32)26-19(29)20(30)27-11-22(24,25)12-27/h1-7,9,17-18,28H,8,10-12H2,(H,26,29)(H,31,32)/t17-,18-/m1/s1. The van der Waals surface area contributed by atoms with E-state index in [1.54, 1.807) is 24.3 Å². The summed E-state index contributed by atoms with van der Waals surface area (Å²) in [6.07, 6.45) is -2.01. The summed E-state index contributed by atoms with van der Waals surface area (Å²) < 4.78 is 25.9. The molecule has 2 atom stereocenters. The molecule has 170 valence electrons. The quantitative estimate of drug-likeness (QED) is 0.543. The van der Waals surface area contributed by atoms with Gasteiger partial charge < -0.3 is 20.4 Å². The summed E-state index contributed by atoms with van der Waals surface area (Å²) in [6, 6.07) is 13.5. The van der Waals surface area contributed by atoms with Crippen LogP contribution >= 0.6 is 11.6 Å². The van der Waals surface area contributed by atoms with Gasteiger partial charge in [0.05, 0.1) is 13.1 Å². The van der Waals surface area contributed by atoms with Gasteiger partial charge in [0.2, 0.25) is 0 Å². The van der Waals surface area contributed by atoms with E-state index in [9.17, 15) is 28.3 Å². The highest BCUT2D eigenvalue weighted by molar-refractivity contribution is 6.35. The van der Waals surface area contributed by atoms with Gasteiger partial charge in [0.25, 0.3) is 5.92 Å². The maximum absolute atomic E-state index is 13.0. The van der Waals surface area contributed by atoms with Gasteiger partial charge in [-0.25, -0.2) is 13.6 Å². The number of hydrogen-bond donors (Lipinski definition) is 3. The predicted octanol–water partition coefficient (Wildman–Crippen LogP) is 2.35. The lowest BCUT2D eigenvalue weighted by molar-refractivity contribution is -0.170. The third-order valence-electron chi connectivity index (χ3n) is 5.05. The average molecular weight is 467 g/mol. The molecular weight excluding hydrogens is 446 g/mol. The number of benzene rings is 2. The zero-order valence-corrected chi connectivity index (χ0v) is 17.6. The number of aliphatic hydroxyl groups excluding tert-OH is 1. The molecule has 1 fully saturated rings. The van der Waals surface area contributed by atoms with E-state index in [4.69, 9.17) is 16.7 Å². The predicted molar refractivity (Wildman–Crippen MR) is 112 cm³/mol. The van der Waals surface area contributed by atoms with Gasteiger partial charge in [-0.3, -0.25) is 9.59 Å². The van der Waals surface area contributed by atoms with E-state index in [-0.39, 0.29) is 12.8 Å². The van der Waals surface area contributed by atoms with Gasteiger partial charge in [0, 0.05) is 17.5 Å². The minimum atomic E-state index is -3.01. The molecule has 0 bridgehead atoms. The fourth-order valence-corrected chi connectivity index (χ4v) is 3.59. The number of carboxylic acids is 1. The summed E-state index contributed by atoms with van der Waals surface area (Å²) >= 11 is 6.01. The number of carbonyl (C=O) groups excluding carboxylic acids is 2. The van der Waals surface area contributed by atoms with Crippen LogP contribution in [0.15, 0.2) is 48.5 Å². The average Bonchev–Trinajstić information content (AvgIpc) is 2.71. The van der Waals surface area contributed by atoms with Gasteiger partial charge >= 0.3 is 17.8 Å². The number of alkyl halides is 2. The molecule has 1 aliphatic rings. The molecule has 0 spiro atoms. The monoisotopic (exact) mass is 466 g/mol. The minimum Gasteiger partial charge on any atom is -0.479 e. The van der Waals surface area contributed by atoms with Crippen molar-refractivity contribution in [3.8, 4) is 11.1 Å². The Labute approximate surface area is 187 Å². The summed E-state index contributed by atoms with van der Waals surface area (Å²) in [5.41, 5.74) is 2.49. The zero-order chi connectivity index (χ0) is 23.5. The number of rotatable bonds is 7. The number of halogens is 3. The number of nitrogens with zero attached hydrogens (tertiary/aromatic N) is 1. The van der Waals surface area contributed by atoms with Crippen LogP contribution in [-0.4, -0.2) is 64.1 Å². The Kier molecular flexibility index (Phi) is 7.10.